The zero-order valence-corrected chi connectivity index (χ0v) is 17.5. The molecule has 4 heteroatoms. The van der Waals surface area contributed by atoms with E-state index >= 15 is 0 Å². The van der Waals surface area contributed by atoms with Crippen molar-refractivity contribution in [1.82, 2.24) is 15.1 Å². The molecule has 0 spiro atoms. The first-order valence-corrected chi connectivity index (χ1v) is 10.7. The molecule has 0 bridgehead atoms. The Hall–Kier alpha value is -3.42. The van der Waals surface area contributed by atoms with Crippen molar-refractivity contribution in [2.24, 2.45) is 0 Å². The Labute approximate surface area is 181 Å². The minimum Gasteiger partial charge on any atom is -0.299 e. The van der Waals surface area contributed by atoms with Crippen LogP contribution in [0, 0.1) is 17.7 Å². The van der Waals surface area contributed by atoms with E-state index in [-0.39, 0.29) is 5.82 Å². The summed E-state index contributed by atoms with van der Waals surface area (Å²) >= 11 is 0. The minimum absolute atomic E-state index is 0.286. The summed E-state index contributed by atoms with van der Waals surface area (Å²) in [5.41, 5.74) is 5.94. The molecular weight excluding hydrogens is 385 g/mol. The standard InChI is InChI=1S/C27H24FN3/c1-31-16-3-2-7-27(31)21-11-9-20(10-12-21)22-13-15-26-24(18-22)25(29-30-26)14-8-19-5-4-6-23(28)17-19/h4-6,9-13,15,17-18,27H,2-3,7,16H2,1H3,(H,29,30). The summed E-state index contributed by atoms with van der Waals surface area (Å²) in [5, 5.41) is 8.34. The molecule has 1 atom stereocenters. The van der Waals surface area contributed by atoms with Gasteiger partial charge in [0.05, 0.1) is 5.52 Å². The number of hydrogen-bond donors (Lipinski definition) is 1. The predicted molar refractivity (Wildman–Crippen MR) is 123 cm³/mol. The molecule has 1 saturated heterocycles. The van der Waals surface area contributed by atoms with Gasteiger partial charge in [-0.25, -0.2) is 4.39 Å². The summed E-state index contributed by atoms with van der Waals surface area (Å²) in [7, 11) is 2.22. The van der Waals surface area contributed by atoms with Gasteiger partial charge in [0.1, 0.15) is 11.5 Å². The Morgan fingerprint density at radius 2 is 1.81 bits per heavy atom. The zero-order chi connectivity index (χ0) is 21.2. The molecule has 1 aliphatic heterocycles. The number of likely N-dealkylation sites (tertiary alicyclic amines) is 1. The highest BCUT2D eigenvalue weighted by Gasteiger charge is 2.20. The number of benzene rings is 3. The minimum atomic E-state index is -0.286. The molecule has 0 aliphatic carbocycles. The lowest BCUT2D eigenvalue weighted by molar-refractivity contribution is 0.187. The van der Waals surface area contributed by atoms with Crippen molar-refractivity contribution in [2.45, 2.75) is 25.3 Å². The van der Waals surface area contributed by atoms with Crippen molar-refractivity contribution in [3.63, 3.8) is 0 Å². The molecule has 1 aliphatic rings. The monoisotopic (exact) mass is 409 g/mol. The third kappa shape index (κ3) is 4.10. The first-order chi connectivity index (χ1) is 15.2. The molecule has 1 unspecified atom stereocenters. The fourth-order valence-electron chi connectivity index (χ4n) is 4.38. The van der Waals surface area contributed by atoms with Crippen molar-refractivity contribution < 1.29 is 4.39 Å². The molecule has 1 fully saturated rings. The molecule has 31 heavy (non-hydrogen) atoms. The van der Waals surface area contributed by atoms with Crippen molar-refractivity contribution in [3.05, 3.63) is 89.4 Å². The maximum atomic E-state index is 13.4. The number of aromatic nitrogens is 2. The second-order valence-electron chi connectivity index (χ2n) is 8.21. The van der Waals surface area contributed by atoms with Gasteiger partial charge in [-0.2, -0.15) is 5.10 Å². The molecule has 0 saturated carbocycles. The van der Waals surface area contributed by atoms with Crippen molar-refractivity contribution in [2.75, 3.05) is 13.6 Å². The Morgan fingerprint density at radius 3 is 2.61 bits per heavy atom. The molecule has 1 N–H and O–H groups in total. The van der Waals surface area contributed by atoms with Gasteiger partial charge in [-0.3, -0.25) is 10.00 Å². The molecule has 0 radical (unpaired) electrons. The van der Waals surface area contributed by atoms with Gasteiger partial charge in [0, 0.05) is 17.0 Å². The summed E-state index contributed by atoms with van der Waals surface area (Å²) < 4.78 is 13.4. The lowest BCUT2D eigenvalue weighted by atomic mass is 9.94. The summed E-state index contributed by atoms with van der Waals surface area (Å²) in [6.45, 7) is 1.17. The van der Waals surface area contributed by atoms with Crippen molar-refractivity contribution in [1.29, 1.82) is 0 Å². The van der Waals surface area contributed by atoms with Crippen LogP contribution in [-0.4, -0.2) is 28.7 Å². The van der Waals surface area contributed by atoms with Crippen LogP contribution in [0.15, 0.2) is 66.7 Å². The van der Waals surface area contributed by atoms with E-state index in [0.29, 0.717) is 11.6 Å². The van der Waals surface area contributed by atoms with E-state index in [9.17, 15) is 4.39 Å². The number of halogens is 1. The van der Waals surface area contributed by atoms with Crippen LogP contribution in [0.3, 0.4) is 0 Å². The van der Waals surface area contributed by atoms with E-state index in [1.165, 1.54) is 49.1 Å². The Morgan fingerprint density at radius 1 is 0.968 bits per heavy atom. The van der Waals surface area contributed by atoms with E-state index < -0.39 is 0 Å². The second kappa shape index (κ2) is 8.37. The highest BCUT2D eigenvalue weighted by Crippen LogP contribution is 2.31. The number of rotatable bonds is 2. The molecule has 5 rings (SSSR count). The van der Waals surface area contributed by atoms with Crippen LogP contribution in [0.5, 0.6) is 0 Å². The maximum Gasteiger partial charge on any atom is 0.124 e. The number of aromatic amines is 1. The first kappa shape index (κ1) is 19.5. The summed E-state index contributed by atoms with van der Waals surface area (Å²) in [5.74, 6) is 5.84. The molecule has 154 valence electrons. The lowest BCUT2D eigenvalue weighted by Gasteiger charge is -2.32. The van der Waals surface area contributed by atoms with Gasteiger partial charge in [-0.1, -0.05) is 48.7 Å². The fourth-order valence-corrected chi connectivity index (χ4v) is 4.38. The van der Waals surface area contributed by atoms with Crippen LogP contribution in [0.2, 0.25) is 0 Å². The van der Waals surface area contributed by atoms with Crippen LogP contribution in [-0.2, 0) is 0 Å². The largest absolute Gasteiger partial charge is 0.299 e. The normalized spacial score (nSPS) is 16.8. The van der Waals surface area contributed by atoms with Crippen molar-refractivity contribution in [3.8, 4) is 23.0 Å². The third-order valence-corrected chi connectivity index (χ3v) is 6.11. The number of H-pyrrole nitrogens is 1. The van der Waals surface area contributed by atoms with Crippen LogP contribution < -0.4 is 0 Å². The number of piperidine rings is 1. The summed E-state index contributed by atoms with van der Waals surface area (Å²) in [6.07, 6.45) is 3.82. The van der Waals surface area contributed by atoms with E-state index in [0.717, 1.165) is 22.2 Å². The Balaban J connectivity index is 1.44. The van der Waals surface area contributed by atoms with Gasteiger partial charge >= 0.3 is 0 Å². The molecule has 1 aromatic heterocycles. The van der Waals surface area contributed by atoms with E-state index in [1.54, 1.807) is 12.1 Å². The Kier molecular flexibility index (Phi) is 5.28. The van der Waals surface area contributed by atoms with E-state index in [2.05, 4.69) is 70.4 Å². The van der Waals surface area contributed by atoms with E-state index in [1.807, 2.05) is 6.07 Å². The van der Waals surface area contributed by atoms with Gasteiger partial charge in [-0.05, 0) is 79.4 Å². The molecule has 3 nitrogen and oxygen atoms in total. The zero-order valence-electron chi connectivity index (χ0n) is 17.5. The maximum absolute atomic E-state index is 13.4. The summed E-state index contributed by atoms with van der Waals surface area (Å²) in [4.78, 5) is 2.46. The topological polar surface area (TPSA) is 31.9 Å². The van der Waals surface area contributed by atoms with E-state index in [4.69, 9.17) is 0 Å². The highest BCUT2D eigenvalue weighted by atomic mass is 19.1. The quantitative estimate of drug-likeness (QED) is 0.417. The number of nitrogens with zero attached hydrogens (tertiary/aromatic N) is 2. The molecule has 2 heterocycles. The van der Waals surface area contributed by atoms with Gasteiger partial charge in [0.2, 0.25) is 0 Å². The number of fused-ring (bicyclic) bond motifs is 1. The first-order valence-electron chi connectivity index (χ1n) is 10.7. The fraction of sp³-hybridized carbons (Fsp3) is 0.222. The molecule has 4 aromatic rings. The molecule has 0 amide bonds. The number of nitrogens with one attached hydrogen (secondary N) is 1. The van der Waals surface area contributed by atoms with Crippen LogP contribution in [0.1, 0.15) is 42.1 Å². The summed E-state index contributed by atoms with van der Waals surface area (Å²) in [6, 6.07) is 22.0. The van der Waals surface area contributed by atoms with Gasteiger partial charge in [0.15, 0.2) is 0 Å². The van der Waals surface area contributed by atoms with Gasteiger partial charge < -0.3 is 0 Å². The average molecular weight is 410 g/mol. The third-order valence-electron chi connectivity index (χ3n) is 6.11. The van der Waals surface area contributed by atoms with Crippen LogP contribution in [0.25, 0.3) is 22.0 Å². The second-order valence-corrected chi connectivity index (χ2v) is 8.21. The van der Waals surface area contributed by atoms with Crippen LogP contribution in [0.4, 0.5) is 4.39 Å². The SMILES string of the molecule is CN1CCCCC1c1ccc(-c2ccc3n[nH]c(C#Cc4cccc(F)c4)c3c2)cc1. The number of hydrogen-bond acceptors (Lipinski definition) is 2. The van der Waals surface area contributed by atoms with Crippen LogP contribution >= 0.6 is 0 Å². The average Bonchev–Trinajstić information content (AvgIpc) is 3.20. The lowest BCUT2D eigenvalue weighted by Crippen LogP contribution is -2.29. The smallest absolute Gasteiger partial charge is 0.124 e. The van der Waals surface area contributed by atoms with Gasteiger partial charge in [-0.15, -0.1) is 0 Å². The molecular formula is C27H24FN3. The highest BCUT2D eigenvalue weighted by molar-refractivity contribution is 5.88. The van der Waals surface area contributed by atoms with Gasteiger partial charge in [0.25, 0.3) is 0 Å². The predicted octanol–water partition coefficient (Wildman–Crippen LogP) is 5.93. The molecule has 3 aromatic carbocycles. The van der Waals surface area contributed by atoms with Crippen molar-refractivity contribution >= 4 is 10.9 Å². The Bertz CT molecular complexity index is 1280.